The number of rotatable bonds is 6. The van der Waals surface area contributed by atoms with Crippen LogP contribution in [0.25, 0.3) is 11.4 Å². The number of aryl methyl sites for hydroxylation is 1. The lowest BCUT2D eigenvalue weighted by molar-refractivity contribution is 0.494. The zero-order chi connectivity index (χ0) is 17.8. The Morgan fingerprint density at radius 3 is 2.92 bits per heavy atom. The highest BCUT2D eigenvalue weighted by atomic mass is 16.3. The zero-order valence-electron chi connectivity index (χ0n) is 14.9. The first-order chi connectivity index (χ1) is 12.8. The molecule has 2 N–H and O–H groups in total. The Morgan fingerprint density at radius 2 is 2.12 bits per heavy atom. The molecule has 0 fully saturated rings. The molecule has 0 saturated carbocycles. The van der Waals surface area contributed by atoms with E-state index in [4.69, 9.17) is 14.4 Å². The Kier molecular flexibility index (Phi) is 4.93. The molecular formula is C20H23N5O. The van der Waals surface area contributed by atoms with E-state index < -0.39 is 0 Å². The van der Waals surface area contributed by atoms with Crippen molar-refractivity contribution in [3.8, 4) is 11.4 Å². The van der Waals surface area contributed by atoms with E-state index in [0.717, 1.165) is 61.0 Å². The van der Waals surface area contributed by atoms with Crippen molar-refractivity contribution in [3.05, 3.63) is 59.9 Å². The number of pyridine rings is 1. The SMILES string of the molecule is C[C@@H](CCc1ccco1)Nc1nc(-c2ccncc2)nc2c1CCNC2. The van der Waals surface area contributed by atoms with Crippen molar-refractivity contribution in [2.75, 3.05) is 11.9 Å². The fourth-order valence-corrected chi connectivity index (χ4v) is 3.23. The van der Waals surface area contributed by atoms with Crippen molar-refractivity contribution < 1.29 is 4.42 Å². The van der Waals surface area contributed by atoms with Gasteiger partial charge in [0.1, 0.15) is 11.6 Å². The average molecular weight is 349 g/mol. The molecule has 134 valence electrons. The molecule has 0 aliphatic carbocycles. The zero-order valence-corrected chi connectivity index (χ0v) is 14.9. The molecule has 3 aromatic rings. The molecular weight excluding hydrogens is 326 g/mol. The molecule has 26 heavy (non-hydrogen) atoms. The molecule has 6 heteroatoms. The number of nitrogens with one attached hydrogen (secondary N) is 2. The number of nitrogens with zero attached hydrogens (tertiary/aromatic N) is 3. The number of anilines is 1. The highest BCUT2D eigenvalue weighted by Crippen LogP contribution is 2.25. The van der Waals surface area contributed by atoms with Crippen LogP contribution in [-0.2, 0) is 19.4 Å². The summed E-state index contributed by atoms with van der Waals surface area (Å²) in [6.45, 7) is 3.93. The van der Waals surface area contributed by atoms with E-state index in [-0.39, 0.29) is 0 Å². The van der Waals surface area contributed by atoms with Crippen molar-refractivity contribution in [2.24, 2.45) is 0 Å². The summed E-state index contributed by atoms with van der Waals surface area (Å²) in [4.78, 5) is 13.7. The second-order valence-electron chi connectivity index (χ2n) is 6.65. The van der Waals surface area contributed by atoms with Gasteiger partial charge in [0.2, 0.25) is 0 Å². The van der Waals surface area contributed by atoms with E-state index in [1.807, 2.05) is 24.3 Å². The average Bonchev–Trinajstić information content (AvgIpc) is 3.21. The van der Waals surface area contributed by atoms with Gasteiger partial charge in [0, 0.05) is 42.5 Å². The Bertz CT molecular complexity index is 848. The molecule has 0 amide bonds. The van der Waals surface area contributed by atoms with Crippen molar-refractivity contribution in [1.82, 2.24) is 20.3 Å². The van der Waals surface area contributed by atoms with Crippen LogP contribution in [0, 0.1) is 0 Å². The normalized spacial score (nSPS) is 14.7. The molecule has 4 heterocycles. The minimum atomic E-state index is 0.291. The summed E-state index contributed by atoms with van der Waals surface area (Å²) in [5.74, 6) is 2.72. The minimum Gasteiger partial charge on any atom is -0.469 e. The van der Waals surface area contributed by atoms with Crippen LogP contribution in [0.2, 0.25) is 0 Å². The van der Waals surface area contributed by atoms with E-state index in [1.54, 1.807) is 18.7 Å². The molecule has 1 aliphatic rings. The van der Waals surface area contributed by atoms with Crippen molar-refractivity contribution >= 4 is 5.82 Å². The summed E-state index contributed by atoms with van der Waals surface area (Å²) < 4.78 is 5.43. The maximum absolute atomic E-state index is 5.43. The number of fused-ring (bicyclic) bond motifs is 1. The lowest BCUT2D eigenvalue weighted by Crippen LogP contribution is -2.28. The van der Waals surface area contributed by atoms with Gasteiger partial charge < -0.3 is 15.1 Å². The first-order valence-corrected chi connectivity index (χ1v) is 9.09. The Balaban J connectivity index is 1.57. The summed E-state index contributed by atoms with van der Waals surface area (Å²) >= 11 is 0. The van der Waals surface area contributed by atoms with E-state index >= 15 is 0 Å². The Hall–Kier alpha value is -2.73. The predicted molar refractivity (Wildman–Crippen MR) is 101 cm³/mol. The molecule has 1 atom stereocenters. The topological polar surface area (TPSA) is 75.9 Å². The molecule has 6 nitrogen and oxygen atoms in total. The maximum atomic E-state index is 5.43. The first-order valence-electron chi connectivity index (χ1n) is 9.09. The fourth-order valence-electron chi connectivity index (χ4n) is 3.23. The second kappa shape index (κ2) is 7.66. The van der Waals surface area contributed by atoms with Crippen LogP contribution in [0.3, 0.4) is 0 Å². The number of hydrogen-bond acceptors (Lipinski definition) is 6. The van der Waals surface area contributed by atoms with Crippen LogP contribution in [0.5, 0.6) is 0 Å². The summed E-state index contributed by atoms with van der Waals surface area (Å²) in [7, 11) is 0. The Morgan fingerprint density at radius 1 is 1.23 bits per heavy atom. The lowest BCUT2D eigenvalue weighted by Gasteiger charge is -2.23. The number of furan rings is 1. The van der Waals surface area contributed by atoms with Gasteiger partial charge in [-0.1, -0.05) is 0 Å². The van der Waals surface area contributed by atoms with Crippen LogP contribution in [0.4, 0.5) is 5.82 Å². The molecule has 0 aromatic carbocycles. The van der Waals surface area contributed by atoms with Gasteiger partial charge in [-0.15, -0.1) is 0 Å². The van der Waals surface area contributed by atoms with Gasteiger partial charge in [0.05, 0.1) is 12.0 Å². The summed E-state index contributed by atoms with van der Waals surface area (Å²) in [6, 6.07) is 8.14. The van der Waals surface area contributed by atoms with Crippen molar-refractivity contribution in [2.45, 2.75) is 38.8 Å². The monoisotopic (exact) mass is 349 g/mol. The van der Waals surface area contributed by atoms with E-state index in [2.05, 4.69) is 22.5 Å². The third kappa shape index (κ3) is 3.75. The smallest absolute Gasteiger partial charge is 0.161 e. The third-order valence-corrected chi connectivity index (χ3v) is 4.66. The molecule has 4 rings (SSSR count). The highest BCUT2D eigenvalue weighted by molar-refractivity contribution is 5.60. The lowest BCUT2D eigenvalue weighted by atomic mass is 10.1. The first kappa shape index (κ1) is 16.7. The van der Waals surface area contributed by atoms with Gasteiger partial charge in [0.25, 0.3) is 0 Å². The summed E-state index contributed by atoms with van der Waals surface area (Å²) in [5.41, 5.74) is 3.30. The van der Waals surface area contributed by atoms with Gasteiger partial charge in [-0.05, 0) is 50.6 Å². The predicted octanol–water partition coefficient (Wildman–Crippen LogP) is 3.21. The van der Waals surface area contributed by atoms with Crippen LogP contribution in [0.15, 0.2) is 47.3 Å². The fraction of sp³-hybridized carbons (Fsp3) is 0.350. The molecule has 0 saturated heterocycles. The molecule has 1 aliphatic heterocycles. The van der Waals surface area contributed by atoms with Gasteiger partial charge in [-0.25, -0.2) is 9.97 Å². The quantitative estimate of drug-likeness (QED) is 0.712. The maximum Gasteiger partial charge on any atom is 0.161 e. The van der Waals surface area contributed by atoms with Crippen LogP contribution >= 0.6 is 0 Å². The molecule has 0 bridgehead atoms. The Labute approximate surface area is 153 Å². The van der Waals surface area contributed by atoms with Crippen LogP contribution < -0.4 is 10.6 Å². The van der Waals surface area contributed by atoms with Gasteiger partial charge in [-0.2, -0.15) is 0 Å². The van der Waals surface area contributed by atoms with E-state index in [1.165, 1.54) is 5.56 Å². The second-order valence-corrected chi connectivity index (χ2v) is 6.65. The number of aromatic nitrogens is 3. The van der Waals surface area contributed by atoms with E-state index in [9.17, 15) is 0 Å². The number of hydrogen-bond donors (Lipinski definition) is 2. The standard InChI is InChI=1S/C20H23N5O/c1-14(4-5-16-3-2-12-26-16)23-20-17-8-11-22-13-18(17)24-19(25-20)15-6-9-21-10-7-15/h2-3,6-7,9-10,12,14,22H,4-5,8,11,13H2,1H3,(H,23,24,25)/t14-/m0/s1. The summed E-state index contributed by atoms with van der Waals surface area (Å²) in [5, 5.41) is 7.01. The minimum absolute atomic E-state index is 0.291. The van der Waals surface area contributed by atoms with Crippen molar-refractivity contribution in [1.29, 1.82) is 0 Å². The van der Waals surface area contributed by atoms with Crippen LogP contribution in [-0.4, -0.2) is 27.5 Å². The van der Waals surface area contributed by atoms with Crippen LogP contribution in [0.1, 0.15) is 30.4 Å². The summed E-state index contributed by atoms with van der Waals surface area (Å²) in [6.07, 6.45) is 8.11. The van der Waals surface area contributed by atoms with Gasteiger partial charge in [0.15, 0.2) is 5.82 Å². The van der Waals surface area contributed by atoms with Gasteiger partial charge >= 0.3 is 0 Å². The van der Waals surface area contributed by atoms with Crippen molar-refractivity contribution in [3.63, 3.8) is 0 Å². The largest absolute Gasteiger partial charge is 0.469 e. The molecule has 3 aromatic heterocycles. The third-order valence-electron chi connectivity index (χ3n) is 4.66. The van der Waals surface area contributed by atoms with E-state index in [0.29, 0.717) is 6.04 Å². The molecule has 0 spiro atoms. The molecule has 0 unspecified atom stereocenters. The van der Waals surface area contributed by atoms with Gasteiger partial charge in [-0.3, -0.25) is 4.98 Å². The highest BCUT2D eigenvalue weighted by Gasteiger charge is 2.19. The molecule has 0 radical (unpaired) electrons.